The second-order valence-corrected chi connectivity index (χ2v) is 3.36. The van der Waals surface area contributed by atoms with Crippen LogP contribution in [0.4, 0.5) is 0 Å². The van der Waals surface area contributed by atoms with Gasteiger partial charge >= 0.3 is 0 Å². The Hall–Kier alpha value is -2.27. The fourth-order valence-electron chi connectivity index (χ4n) is 1.52. The Morgan fingerprint density at radius 2 is 1.88 bits per heavy atom. The lowest BCUT2D eigenvalue weighted by molar-refractivity contribution is -0.115. The van der Waals surface area contributed by atoms with Crippen LogP contribution < -0.4 is 5.32 Å². The van der Waals surface area contributed by atoms with Crippen LogP contribution in [-0.4, -0.2) is 13.0 Å². The molecule has 1 N–H and O–H groups in total. The molecule has 1 amide bonds. The van der Waals surface area contributed by atoms with Crippen molar-refractivity contribution in [2.24, 2.45) is 0 Å². The summed E-state index contributed by atoms with van der Waals surface area (Å²) in [6.07, 6.45) is 0. The van der Waals surface area contributed by atoms with Gasteiger partial charge in [-0.05, 0) is 16.8 Å². The highest BCUT2D eigenvalue weighted by Crippen LogP contribution is 2.17. The van der Waals surface area contributed by atoms with Crippen molar-refractivity contribution < 1.29 is 4.79 Å². The Labute approximate surface area is 94.3 Å². The number of benzene rings is 2. The van der Waals surface area contributed by atoms with Gasteiger partial charge in [0.2, 0.25) is 0 Å². The van der Waals surface area contributed by atoms with Crippen LogP contribution in [0.25, 0.3) is 10.8 Å². The first-order valence-electron chi connectivity index (χ1n) is 5.03. The van der Waals surface area contributed by atoms with E-state index in [2.05, 4.69) is 17.2 Å². The van der Waals surface area contributed by atoms with Crippen LogP contribution in [0.2, 0.25) is 0 Å². The van der Waals surface area contributed by atoms with Crippen LogP contribution in [0.3, 0.4) is 0 Å². The van der Waals surface area contributed by atoms with Gasteiger partial charge < -0.3 is 5.32 Å². The minimum Gasteiger partial charge on any atom is -0.348 e. The normalized spacial score (nSPS) is 9.31. The van der Waals surface area contributed by atoms with E-state index in [0.29, 0.717) is 0 Å². The van der Waals surface area contributed by atoms with Crippen LogP contribution in [0.5, 0.6) is 0 Å². The van der Waals surface area contributed by atoms with Crippen molar-refractivity contribution in [3.63, 3.8) is 0 Å². The maximum absolute atomic E-state index is 11.0. The first-order valence-corrected chi connectivity index (χ1v) is 5.03. The summed E-state index contributed by atoms with van der Waals surface area (Å²) in [5, 5.41) is 4.67. The maximum atomic E-state index is 11.0. The van der Waals surface area contributed by atoms with Gasteiger partial charge in [-0.15, -0.1) is 0 Å². The lowest BCUT2D eigenvalue weighted by Gasteiger charge is -1.98. The molecule has 0 bridgehead atoms. The summed E-state index contributed by atoms with van der Waals surface area (Å²) < 4.78 is 0. The van der Waals surface area contributed by atoms with Crippen LogP contribution >= 0.6 is 0 Å². The molecule has 0 aliphatic rings. The monoisotopic (exact) mass is 209 g/mol. The predicted octanol–water partition coefficient (Wildman–Crippen LogP) is 1.94. The number of nitrogens with one attached hydrogen (secondary N) is 1. The molecule has 0 saturated heterocycles. The molecule has 0 aromatic heterocycles. The number of hydrogen-bond donors (Lipinski definition) is 1. The summed E-state index contributed by atoms with van der Waals surface area (Å²) in [5.74, 6) is 5.15. The van der Waals surface area contributed by atoms with Gasteiger partial charge in [0, 0.05) is 18.5 Å². The highest BCUT2D eigenvalue weighted by molar-refractivity contribution is 5.95. The van der Waals surface area contributed by atoms with Crippen molar-refractivity contribution in [2.45, 2.75) is 0 Å². The first kappa shape index (κ1) is 10.3. The van der Waals surface area contributed by atoms with Crippen LogP contribution in [-0.2, 0) is 4.79 Å². The zero-order valence-corrected chi connectivity index (χ0v) is 8.95. The van der Waals surface area contributed by atoms with E-state index >= 15 is 0 Å². The Bertz CT molecular complexity index is 585. The SMILES string of the molecule is CNC(=O)C#Cc1cccc2ccccc12. The number of amides is 1. The number of carbonyl (C=O) groups is 1. The van der Waals surface area contributed by atoms with Gasteiger partial charge in [0.15, 0.2) is 0 Å². The first-order chi connectivity index (χ1) is 7.81. The van der Waals surface area contributed by atoms with E-state index < -0.39 is 0 Å². The molecule has 2 rings (SSSR count). The average Bonchev–Trinajstić information content (AvgIpc) is 2.35. The highest BCUT2D eigenvalue weighted by Gasteiger charge is 1.96. The summed E-state index contributed by atoms with van der Waals surface area (Å²) in [7, 11) is 1.57. The number of carbonyl (C=O) groups excluding carboxylic acids is 1. The van der Waals surface area contributed by atoms with Crippen molar-refractivity contribution in [1.29, 1.82) is 0 Å². The van der Waals surface area contributed by atoms with E-state index in [-0.39, 0.29) is 5.91 Å². The van der Waals surface area contributed by atoms with Crippen LogP contribution in [0, 0.1) is 11.8 Å². The molecule has 2 nitrogen and oxygen atoms in total. The molecule has 0 unspecified atom stereocenters. The third-order valence-electron chi connectivity index (χ3n) is 2.33. The molecule has 0 fully saturated rings. The number of rotatable bonds is 0. The van der Waals surface area contributed by atoms with E-state index in [1.807, 2.05) is 42.5 Å². The van der Waals surface area contributed by atoms with Crippen LogP contribution in [0.15, 0.2) is 42.5 Å². The molecule has 16 heavy (non-hydrogen) atoms. The quantitative estimate of drug-likeness (QED) is 0.660. The Kier molecular flexibility index (Phi) is 2.88. The molecule has 0 atom stereocenters. The second kappa shape index (κ2) is 4.50. The third kappa shape index (κ3) is 2.04. The van der Waals surface area contributed by atoms with E-state index in [4.69, 9.17) is 0 Å². The lowest BCUT2D eigenvalue weighted by Crippen LogP contribution is -2.14. The second-order valence-electron chi connectivity index (χ2n) is 3.36. The summed E-state index contributed by atoms with van der Waals surface area (Å²) >= 11 is 0. The largest absolute Gasteiger partial charge is 0.348 e. The molecule has 0 heterocycles. The summed E-state index contributed by atoms with van der Waals surface area (Å²) in [4.78, 5) is 11.0. The fourth-order valence-corrected chi connectivity index (χ4v) is 1.52. The van der Waals surface area contributed by atoms with E-state index in [1.165, 1.54) is 0 Å². The van der Waals surface area contributed by atoms with Crippen molar-refractivity contribution in [3.05, 3.63) is 48.0 Å². The zero-order chi connectivity index (χ0) is 11.4. The molecule has 2 aromatic carbocycles. The van der Waals surface area contributed by atoms with Gasteiger partial charge in [-0.3, -0.25) is 4.79 Å². The standard InChI is InChI=1S/C14H11NO/c1-15-14(16)10-9-12-7-4-6-11-5-2-3-8-13(11)12/h2-8H,1H3,(H,15,16). The van der Waals surface area contributed by atoms with Crippen molar-refractivity contribution >= 4 is 16.7 Å². The molecule has 0 radical (unpaired) electrons. The summed E-state index contributed by atoms with van der Waals surface area (Å²) in [5.41, 5.74) is 0.877. The summed E-state index contributed by atoms with van der Waals surface area (Å²) in [6.45, 7) is 0. The van der Waals surface area contributed by atoms with Gasteiger partial charge in [-0.2, -0.15) is 0 Å². The minimum absolute atomic E-state index is 0.270. The smallest absolute Gasteiger partial charge is 0.295 e. The lowest BCUT2D eigenvalue weighted by atomic mass is 10.1. The molecule has 2 aromatic rings. The Morgan fingerprint density at radius 1 is 1.12 bits per heavy atom. The van der Waals surface area contributed by atoms with E-state index in [9.17, 15) is 4.79 Å². The van der Waals surface area contributed by atoms with Gasteiger partial charge in [-0.25, -0.2) is 0 Å². The van der Waals surface area contributed by atoms with Gasteiger partial charge in [0.25, 0.3) is 5.91 Å². The predicted molar refractivity (Wildman–Crippen MR) is 64.9 cm³/mol. The zero-order valence-electron chi connectivity index (χ0n) is 8.95. The van der Waals surface area contributed by atoms with Crippen molar-refractivity contribution in [1.82, 2.24) is 5.32 Å². The molecule has 78 valence electrons. The topological polar surface area (TPSA) is 29.1 Å². The Balaban J connectivity index is 2.51. The number of hydrogen-bond acceptors (Lipinski definition) is 1. The molecule has 0 saturated carbocycles. The molecular formula is C14H11NO. The van der Waals surface area contributed by atoms with E-state index in [0.717, 1.165) is 16.3 Å². The van der Waals surface area contributed by atoms with Gasteiger partial charge in [-0.1, -0.05) is 42.3 Å². The molecular weight excluding hydrogens is 198 g/mol. The fraction of sp³-hybridized carbons (Fsp3) is 0.0714. The van der Waals surface area contributed by atoms with Gasteiger partial charge in [0.05, 0.1) is 0 Å². The molecule has 0 aliphatic heterocycles. The molecule has 0 aliphatic carbocycles. The van der Waals surface area contributed by atoms with Gasteiger partial charge in [0.1, 0.15) is 0 Å². The van der Waals surface area contributed by atoms with Crippen LogP contribution in [0.1, 0.15) is 5.56 Å². The maximum Gasteiger partial charge on any atom is 0.295 e. The van der Waals surface area contributed by atoms with Crippen molar-refractivity contribution in [3.8, 4) is 11.8 Å². The Morgan fingerprint density at radius 3 is 2.69 bits per heavy atom. The van der Waals surface area contributed by atoms with Crippen molar-refractivity contribution in [2.75, 3.05) is 7.05 Å². The molecule has 0 spiro atoms. The van der Waals surface area contributed by atoms with E-state index in [1.54, 1.807) is 7.05 Å². The minimum atomic E-state index is -0.270. The molecule has 2 heteroatoms. The average molecular weight is 209 g/mol. The number of fused-ring (bicyclic) bond motifs is 1. The third-order valence-corrected chi connectivity index (χ3v) is 2.33. The summed E-state index contributed by atoms with van der Waals surface area (Å²) in [6, 6.07) is 13.9. The highest BCUT2D eigenvalue weighted by atomic mass is 16.1.